The van der Waals surface area contributed by atoms with Gasteiger partial charge in [0.2, 0.25) is 0 Å². The average Bonchev–Trinajstić information content (AvgIpc) is 2.74. The molecule has 0 aromatic heterocycles. The zero-order valence-corrected chi connectivity index (χ0v) is 15.0. The largest absolute Gasteiger partial charge is 0.378 e. The summed E-state index contributed by atoms with van der Waals surface area (Å²) in [5, 5.41) is 0. The Hall–Kier alpha value is -2.44. The SMILES string of the molecule is c1cc(NNc2cccc(N3CCOCC3)c2)cc(N2CCOCC2)c1. The van der Waals surface area contributed by atoms with Gasteiger partial charge in [0.05, 0.1) is 37.8 Å². The fraction of sp³-hybridized carbons (Fsp3) is 0.400. The molecular weight excluding hydrogens is 328 g/mol. The van der Waals surface area contributed by atoms with Crippen LogP contribution in [0.25, 0.3) is 0 Å². The van der Waals surface area contributed by atoms with Crippen molar-refractivity contribution < 1.29 is 9.47 Å². The van der Waals surface area contributed by atoms with E-state index in [9.17, 15) is 0 Å². The quantitative estimate of drug-likeness (QED) is 0.806. The van der Waals surface area contributed by atoms with Crippen molar-refractivity contribution in [2.75, 3.05) is 73.3 Å². The molecule has 2 aromatic carbocycles. The second-order valence-electron chi connectivity index (χ2n) is 6.55. The van der Waals surface area contributed by atoms with E-state index in [1.54, 1.807) is 0 Å². The second kappa shape index (κ2) is 8.29. The van der Waals surface area contributed by atoms with Crippen molar-refractivity contribution in [1.29, 1.82) is 0 Å². The van der Waals surface area contributed by atoms with Gasteiger partial charge in [0.25, 0.3) is 0 Å². The van der Waals surface area contributed by atoms with E-state index in [4.69, 9.17) is 9.47 Å². The highest BCUT2D eigenvalue weighted by Crippen LogP contribution is 2.23. The highest BCUT2D eigenvalue weighted by molar-refractivity contribution is 5.63. The van der Waals surface area contributed by atoms with Crippen molar-refractivity contribution in [3.8, 4) is 0 Å². The summed E-state index contributed by atoms with van der Waals surface area (Å²) in [4.78, 5) is 4.71. The molecule has 2 aromatic rings. The Morgan fingerprint density at radius 1 is 0.615 bits per heavy atom. The zero-order chi connectivity index (χ0) is 17.6. The maximum absolute atomic E-state index is 5.44. The number of hydrogen-bond acceptors (Lipinski definition) is 6. The van der Waals surface area contributed by atoms with Gasteiger partial charge in [0.1, 0.15) is 0 Å². The van der Waals surface area contributed by atoms with Gasteiger partial charge in [-0.05, 0) is 36.4 Å². The van der Waals surface area contributed by atoms with Gasteiger partial charge >= 0.3 is 0 Å². The monoisotopic (exact) mass is 354 g/mol. The predicted molar refractivity (Wildman–Crippen MR) is 106 cm³/mol. The molecule has 2 aliphatic rings. The number of hydrogen-bond donors (Lipinski definition) is 2. The molecule has 6 heteroatoms. The van der Waals surface area contributed by atoms with Gasteiger partial charge in [-0.15, -0.1) is 0 Å². The van der Waals surface area contributed by atoms with Crippen molar-refractivity contribution in [1.82, 2.24) is 0 Å². The Kier molecular flexibility index (Phi) is 5.42. The number of benzene rings is 2. The normalized spacial score (nSPS) is 17.8. The molecular formula is C20H26N4O2. The minimum absolute atomic E-state index is 0.796. The molecule has 4 rings (SSSR count). The summed E-state index contributed by atoms with van der Waals surface area (Å²) in [6.45, 7) is 6.96. The van der Waals surface area contributed by atoms with Gasteiger partial charge < -0.3 is 30.1 Å². The first kappa shape index (κ1) is 17.0. The summed E-state index contributed by atoms with van der Waals surface area (Å²) < 4.78 is 10.9. The summed E-state index contributed by atoms with van der Waals surface area (Å²) in [6, 6.07) is 16.9. The van der Waals surface area contributed by atoms with Crippen LogP contribution in [0.3, 0.4) is 0 Å². The van der Waals surface area contributed by atoms with Gasteiger partial charge in [-0.3, -0.25) is 0 Å². The highest BCUT2D eigenvalue weighted by atomic mass is 16.5. The lowest BCUT2D eigenvalue weighted by Gasteiger charge is -2.29. The molecule has 2 heterocycles. The molecule has 2 saturated heterocycles. The van der Waals surface area contributed by atoms with Gasteiger partial charge in [-0.25, -0.2) is 0 Å². The third-order valence-corrected chi connectivity index (χ3v) is 4.80. The lowest BCUT2D eigenvalue weighted by molar-refractivity contribution is 0.122. The van der Waals surface area contributed by atoms with E-state index in [0.29, 0.717) is 0 Å². The molecule has 0 spiro atoms. The fourth-order valence-corrected chi connectivity index (χ4v) is 3.35. The van der Waals surface area contributed by atoms with Gasteiger partial charge in [-0.1, -0.05) is 12.1 Å². The first-order chi connectivity index (χ1) is 12.9. The Morgan fingerprint density at radius 3 is 1.46 bits per heavy atom. The minimum atomic E-state index is 0.796. The van der Waals surface area contributed by atoms with Gasteiger partial charge in [0.15, 0.2) is 0 Å². The molecule has 2 fully saturated rings. The minimum Gasteiger partial charge on any atom is -0.378 e. The topological polar surface area (TPSA) is 49.0 Å². The maximum Gasteiger partial charge on any atom is 0.0642 e. The molecule has 2 aliphatic heterocycles. The van der Waals surface area contributed by atoms with Crippen molar-refractivity contribution in [2.45, 2.75) is 0 Å². The van der Waals surface area contributed by atoms with E-state index in [2.05, 4.69) is 69.2 Å². The summed E-state index contributed by atoms with van der Waals surface area (Å²) in [5.41, 5.74) is 11.2. The summed E-state index contributed by atoms with van der Waals surface area (Å²) in [6.07, 6.45) is 0. The molecule has 6 nitrogen and oxygen atoms in total. The maximum atomic E-state index is 5.44. The lowest BCUT2D eigenvalue weighted by atomic mass is 10.2. The average molecular weight is 354 g/mol. The first-order valence-electron chi connectivity index (χ1n) is 9.26. The molecule has 0 bridgehead atoms. The van der Waals surface area contributed by atoms with Crippen LogP contribution in [0.2, 0.25) is 0 Å². The van der Waals surface area contributed by atoms with Gasteiger partial charge in [0, 0.05) is 37.6 Å². The summed E-state index contributed by atoms with van der Waals surface area (Å²) in [5.74, 6) is 0. The lowest BCUT2D eigenvalue weighted by Crippen LogP contribution is -2.36. The molecule has 0 radical (unpaired) electrons. The number of ether oxygens (including phenoxy) is 2. The Labute approximate surface area is 154 Å². The van der Waals surface area contributed by atoms with Crippen molar-refractivity contribution >= 4 is 22.7 Å². The van der Waals surface area contributed by atoms with Crippen LogP contribution in [0.4, 0.5) is 22.7 Å². The van der Waals surface area contributed by atoms with Crippen LogP contribution in [0.15, 0.2) is 48.5 Å². The molecule has 138 valence electrons. The third-order valence-electron chi connectivity index (χ3n) is 4.80. The highest BCUT2D eigenvalue weighted by Gasteiger charge is 2.12. The standard InChI is InChI=1S/C20H26N4O2/c1-3-17(15-19(5-1)23-7-11-25-12-8-23)21-22-18-4-2-6-20(16-18)24-9-13-26-14-10-24/h1-6,15-16,21-22H,7-14H2. The molecule has 0 unspecified atom stereocenters. The molecule has 0 saturated carbocycles. The summed E-state index contributed by atoms with van der Waals surface area (Å²) >= 11 is 0. The van der Waals surface area contributed by atoms with E-state index in [-0.39, 0.29) is 0 Å². The van der Waals surface area contributed by atoms with Crippen LogP contribution in [-0.4, -0.2) is 52.6 Å². The van der Waals surface area contributed by atoms with Crippen LogP contribution < -0.4 is 20.7 Å². The van der Waals surface area contributed by atoms with Crippen molar-refractivity contribution in [3.63, 3.8) is 0 Å². The Balaban J connectivity index is 1.39. The summed E-state index contributed by atoms with van der Waals surface area (Å²) in [7, 11) is 0. The van der Waals surface area contributed by atoms with Crippen LogP contribution in [-0.2, 0) is 9.47 Å². The van der Waals surface area contributed by atoms with E-state index < -0.39 is 0 Å². The Morgan fingerprint density at radius 2 is 1.04 bits per heavy atom. The van der Waals surface area contributed by atoms with Crippen LogP contribution >= 0.6 is 0 Å². The third kappa shape index (κ3) is 4.20. The fourth-order valence-electron chi connectivity index (χ4n) is 3.35. The van der Waals surface area contributed by atoms with Crippen LogP contribution in [0.1, 0.15) is 0 Å². The molecule has 0 atom stereocenters. The van der Waals surface area contributed by atoms with Crippen molar-refractivity contribution in [2.24, 2.45) is 0 Å². The number of nitrogens with one attached hydrogen (secondary N) is 2. The van der Waals surface area contributed by atoms with Gasteiger partial charge in [-0.2, -0.15) is 0 Å². The van der Waals surface area contributed by atoms with E-state index in [0.717, 1.165) is 64.0 Å². The molecule has 2 N–H and O–H groups in total. The number of nitrogens with zero attached hydrogens (tertiary/aromatic N) is 2. The predicted octanol–water partition coefficient (Wildman–Crippen LogP) is 2.80. The molecule has 0 amide bonds. The first-order valence-corrected chi connectivity index (χ1v) is 9.26. The Bertz CT molecular complexity index is 651. The van der Waals surface area contributed by atoms with Crippen molar-refractivity contribution in [3.05, 3.63) is 48.5 Å². The smallest absolute Gasteiger partial charge is 0.0642 e. The number of morpholine rings is 2. The number of anilines is 4. The van der Waals surface area contributed by atoms with E-state index in [1.165, 1.54) is 11.4 Å². The molecule has 26 heavy (non-hydrogen) atoms. The number of hydrazine groups is 1. The van der Waals surface area contributed by atoms with E-state index >= 15 is 0 Å². The number of rotatable bonds is 5. The van der Waals surface area contributed by atoms with E-state index in [1.807, 2.05) is 0 Å². The zero-order valence-electron chi connectivity index (χ0n) is 15.0. The second-order valence-corrected chi connectivity index (χ2v) is 6.55. The van der Waals surface area contributed by atoms with Crippen LogP contribution in [0, 0.1) is 0 Å². The molecule has 0 aliphatic carbocycles. The van der Waals surface area contributed by atoms with Crippen LogP contribution in [0.5, 0.6) is 0 Å².